The zero-order valence-electron chi connectivity index (χ0n) is 13.3. The number of nitrogens with zero attached hydrogens (tertiary/aromatic N) is 3. The first-order chi connectivity index (χ1) is 11.1. The minimum absolute atomic E-state index is 0.111. The summed E-state index contributed by atoms with van der Waals surface area (Å²) in [5.41, 5.74) is 0. The Morgan fingerprint density at radius 2 is 1.83 bits per heavy atom. The van der Waals surface area contributed by atoms with Gasteiger partial charge in [-0.15, -0.1) is 0 Å². The van der Waals surface area contributed by atoms with Crippen LogP contribution >= 0.6 is 0 Å². The maximum Gasteiger partial charge on any atom is 0.234 e. The lowest BCUT2D eigenvalue weighted by Gasteiger charge is -2.22. The molecule has 7 heteroatoms. The van der Waals surface area contributed by atoms with Gasteiger partial charge in [0.1, 0.15) is 5.78 Å². The van der Waals surface area contributed by atoms with E-state index in [2.05, 4.69) is 10.1 Å². The quantitative estimate of drug-likeness (QED) is 0.610. The van der Waals surface area contributed by atoms with E-state index in [1.165, 1.54) is 6.42 Å². The fourth-order valence-electron chi connectivity index (χ4n) is 3.87. The number of hydrogen-bond acceptors (Lipinski definition) is 6. The van der Waals surface area contributed by atoms with Crippen LogP contribution in [0.5, 0.6) is 0 Å². The van der Waals surface area contributed by atoms with Gasteiger partial charge < -0.3 is 4.52 Å². The van der Waals surface area contributed by atoms with E-state index in [1.54, 1.807) is 0 Å². The fourth-order valence-corrected chi connectivity index (χ4v) is 3.87. The summed E-state index contributed by atoms with van der Waals surface area (Å²) in [7, 11) is 0. The first-order valence-corrected chi connectivity index (χ1v) is 8.64. The Labute approximate surface area is 135 Å². The molecule has 0 N–H and O–H groups in total. The molecule has 23 heavy (non-hydrogen) atoms. The van der Waals surface area contributed by atoms with Crippen LogP contribution in [0, 0.1) is 16.0 Å². The standard InChI is InChI=1S/C16H23N3O4/c20-14(11-6-2-1-3-7-11)10-15-17-16(18-23-15)12-8-4-5-9-13(12)19(21)22/h11-13H,1-10H2. The van der Waals surface area contributed by atoms with Gasteiger partial charge in [-0.05, 0) is 25.7 Å². The van der Waals surface area contributed by atoms with Gasteiger partial charge in [0.25, 0.3) is 0 Å². The van der Waals surface area contributed by atoms with E-state index >= 15 is 0 Å². The van der Waals surface area contributed by atoms with Crippen LogP contribution in [0.25, 0.3) is 0 Å². The van der Waals surface area contributed by atoms with E-state index in [4.69, 9.17) is 4.52 Å². The van der Waals surface area contributed by atoms with Crippen LogP contribution < -0.4 is 0 Å². The van der Waals surface area contributed by atoms with Gasteiger partial charge in [0.2, 0.25) is 11.9 Å². The Morgan fingerprint density at radius 1 is 1.13 bits per heavy atom. The molecule has 2 saturated carbocycles. The van der Waals surface area contributed by atoms with Crippen molar-refractivity contribution < 1.29 is 14.2 Å². The zero-order valence-corrected chi connectivity index (χ0v) is 13.3. The van der Waals surface area contributed by atoms with Crippen LogP contribution in [-0.2, 0) is 11.2 Å². The van der Waals surface area contributed by atoms with Crippen molar-refractivity contribution in [2.75, 3.05) is 0 Å². The van der Waals surface area contributed by atoms with E-state index in [0.717, 1.165) is 38.5 Å². The van der Waals surface area contributed by atoms with Crippen molar-refractivity contribution in [1.29, 1.82) is 0 Å². The second-order valence-corrected chi connectivity index (χ2v) is 6.77. The number of hydrogen-bond donors (Lipinski definition) is 0. The molecule has 0 amide bonds. The van der Waals surface area contributed by atoms with Gasteiger partial charge in [0, 0.05) is 17.3 Å². The van der Waals surface area contributed by atoms with Crippen LogP contribution in [0.3, 0.4) is 0 Å². The average Bonchev–Trinajstić information content (AvgIpc) is 3.04. The lowest BCUT2D eigenvalue weighted by Crippen LogP contribution is -2.31. The maximum absolute atomic E-state index is 12.3. The number of ketones is 1. The molecule has 2 aliphatic carbocycles. The summed E-state index contributed by atoms with van der Waals surface area (Å²) in [6.07, 6.45) is 8.57. The Hall–Kier alpha value is -1.79. The summed E-state index contributed by atoms with van der Waals surface area (Å²) in [6, 6.07) is -0.636. The van der Waals surface area contributed by atoms with Crippen molar-refractivity contribution in [3.05, 3.63) is 21.8 Å². The van der Waals surface area contributed by atoms with Crippen molar-refractivity contribution in [2.24, 2.45) is 5.92 Å². The number of nitro groups is 1. The van der Waals surface area contributed by atoms with Crippen molar-refractivity contribution in [2.45, 2.75) is 76.2 Å². The number of aromatic nitrogens is 2. The number of rotatable bonds is 5. The molecule has 3 rings (SSSR count). The molecule has 126 valence electrons. The Balaban J connectivity index is 1.65. The summed E-state index contributed by atoms with van der Waals surface area (Å²) in [5.74, 6) is 0.691. The first-order valence-electron chi connectivity index (χ1n) is 8.64. The highest BCUT2D eigenvalue weighted by molar-refractivity contribution is 5.82. The highest BCUT2D eigenvalue weighted by Gasteiger charge is 2.38. The molecule has 2 atom stereocenters. The molecule has 0 radical (unpaired) electrons. The fraction of sp³-hybridized carbons (Fsp3) is 0.812. The summed E-state index contributed by atoms with van der Waals surface area (Å²) < 4.78 is 5.20. The van der Waals surface area contributed by atoms with Crippen molar-refractivity contribution in [3.8, 4) is 0 Å². The number of carbonyl (C=O) groups excluding carboxylic acids is 1. The third-order valence-electron chi connectivity index (χ3n) is 5.20. The summed E-state index contributed by atoms with van der Waals surface area (Å²) >= 11 is 0. The molecular formula is C16H23N3O4. The maximum atomic E-state index is 12.3. The van der Waals surface area contributed by atoms with Crippen LogP contribution in [0.15, 0.2) is 4.52 Å². The van der Waals surface area contributed by atoms with E-state index in [9.17, 15) is 14.9 Å². The predicted molar refractivity (Wildman–Crippen MR) is 81.6 cm³/mol. The lowest BCUT2D eigenvalue weighted by molar-refractivity contribution is -0.530. The first kappa shape index (κ1) is 16.1. The molecule has 2 aliphatic rings. The summed E-state index contributed by atoms with van der Waals surface area (Å²) in [5, 5.41) is 15.1. The molecule has 7 nitrogen and oxygen atoms in total. The van der Waals surface area contributed by atoms with Gasteiger partial charge in [0.15, 0.2) is 5.82 Å². The predicted octanol–water partition coefficient (Wildman–Crippen LogP) is 3.06. The average molecular weight is 321 g/mol. The van der Waals surface area contributed by atoms with Gasteiger partial charge >= 0.3 is 0 Å². The zero-order chi connectivity index (χ0) is 16.2. The number of carbonyl (C=O) groups is 1. The van der Waals surface area contributed by atoms with Crippen LogP contribution in [0.2, 0.25) is 0 Å². The second kappa shape index (κ2) is 7.19. The second-order valence-electron chi connectivity index (χ2n) is 6.77. The van der Waals surface area contributed by atoms with E-state index < -0.39 is 6.04 Å². The molecule has 1 heterocycles. The van der Waals surface area contributed by atoms with Gasteiger partial charge in [0.05, 0.1) is 12.3 Å². The molecule has 0 saturated heterocycles. The molecule has 0 aliphatic heterocycles. The Kier molecular flexibility index (Phi) is 5.03. The van der Waals surface area contributed by atoms with Gasteiger partial charge in [-0.2, -0.15) is 4.98 Å². The van der Waals surface area contributed by atoms with E-state index in [0.29, 0.717) is 24.6 Å². The highest BCUT2D eigenvalue weighted by Crippen LogP contribution is 2.33. The Bertz CT molecular complexity index is 565. The van der Waals surface area contributed by atoms with Crippen LogP contribution in [-0.4, -0.2) is 26.9 Å². The van der Waals surface area contributed by atoms with E-state index in [1.807, 2.05) is 0 Å². The lowest BCUT2D eigenvalue weighted by atomic mass is 9.84. The third-order valence-corrected chi connectivity index (χ3v) is 5.20. The smallest absolute Gasteiger partial charge is 0.234 e. The molecule has 1 aromatic heterocycles. The van der Waals surface area contributed by atoms with E-state index in [-0.39, 0.29) is 29.0 Å². The van der Waals surface area contributed by atoms with Crippen molar-refractivity contribution in [1.82, 2.24) is 10.1 Å². The molecule has 0 aromatic carbocycles. The van der Waals surface area contributed by atoms with Gasteiger partial charge in [-0.3, -0.25) is 14.9 Å². The molecule has 2 unspecified atom stereocenters. The van der Waals surface area contributed by atoms with Crippen LogP contribution in [0.1, 0.15) is 75.4 Å². The molecule has 2 fully saturated rings. The topological polar surface area (TPSA) is 99.1 Å². The SMILES string of the molecule is O=C(Cc1nc(C2CCCCC2[N+](=O)[O-])no1)C1CCCCC1. The molecule has 0 bridgehead atoms. The number of Topliss-reactive ketones (excluding diaryl/α,β-unsaturated/α-hetero) is 1. The monoisotopic (exact) mass is 321 g/mol. The summed E-state index contributed by atoms with van der Waals surface area (Å²) in [6.45, 7) is 0. The van der Waals surface area contributed by atoms with Crippen LogP contribution in [0.4, 0.5) is 0 Å². The largest absolute Gasteiger partial charge is 0.339 e. The minimum atomic E-state index is -0.636. The van der Waals surface area contributed by atoms with Gasteiger partial charge in [-0.1, -0.05) is 30.8 Å². The normalized spacial score (nSPS) is 26.1. The summed E-state index contributed by atoms with van der Waals surface area (Å²) in [4.78, 5) is 27.6. The van der Waals surface area contributed by atoms with Gasteiger partial charge in [-0.25, -0.2) is 0 Å². The van der Waals surface area contributed by atoms with Crippen molar-refractivity contribution in [3.63, 3.8) is 0 Å². The third kappa shape index (κ3) is 3.76. The minimum Gasteiger partial charge on any atom is -0.339 e. The van der Waals surface area contributed by atoms with Crippen molar-refractivity contribution >= 4 is 5.78 Å². The highest BCUT2D eigenvalue weighted by atomic mass is 16.6. The molecular weight excluding hydrogens is 298 g/mol. The Morgan fingerprint density at radius 3 is 2.57 bits per heavy atom. The molecule has 1 aromatic rings. The molecule has 0 spiro atoms.